The average Bonchev–Trinajstić information content (AvgIpc) is 3.01. The summed E-state index contributed by atoms with van der Waals surface area (Å²) < 4.78 is 28.2. The topological polar surface area (TPSA) is 79.4 Å². The zero-order chi connectivity index (χ0) is 22.7. The fourth-order valence-corrected chi connectivity index (χ4v) is 5.60. The Morgan fingerprint density at radius 2 is 1.88 bits per heavy atom. The van der Waals surface area contributed by atoms with Crippen LogP contribution in [0.1, 0.15) is 36.9 Å². The quantitative estimate of drug-likeness (QED) is 0.569. The normalized spacial score (nSPS) is 14.9. The number of rotatable bonds is 5. The van der Waals surface area contributed by atoms with Crippen LogP contribution in [0.25, 0.3) is 0 Å². The van der Waals surface area contributed by atoms with Gasteiger partial charge in [0.2, 0.25) is 5.91 Å². The number of amides is 1. The Bertz CT molecular complexity index is 1230. The Hall–Kier alpha value is -2.90. The molecule has 0 aliphatic carbocycles. The number of carbonyl (C=O) groups is 1. The third-order valence-corrected chi connectivity index (χ3v) is 7.63. The summed E-state index contributed by atoms with van der Waals surface area (Å²) in [5.41, 5.74) is 2.55. The smallest absolute Gasteiger partial charge is 0.264 e. The lowest BCUT2D eigenvalue weighted by molar-refractivity contribution is -0.117. The van der Waals surface area contributed by atoms with Crippen molar-refractivity contribution in [1.82, 2.24) is 4.98 Å². The highest BCUT2D eigenvalue weighted by molar-refractivity contribution is 7.92. The summed E-state index contributed by atoms with van der Waals surface area (Å²) in [7, 11) is -3.83. The lowest BCUT2D eigenvalue weighted by Crippen LogP contribution is -2.32. The molecule has 0 spiro atoms. The summed E-state index contributed by atoms with van der Waals surface area (Å²) in [5, 5.41) is 3.24. The molecule has 3 aromatic rings. The van der Waals surface area contributed by atoms with Crippen molar-refractivity contribution in [1.29, 1.82) is 0 Å². The molecule has 166 valence electrons. The maximum Gasteiger partial charge on any atom is 0.264 e. The van der Waals surface area contributed by atoms with Gasteiger partial charge in [0.25, 0.3) is 10.0 Å². The van der Waals surface area contributed by atoms with E-state index >= 15 is 0 Å². The van der Waals surface area contributed by atoms with Gasteiger partial charge in [-0.3, -0.25) is 14.1 Å². The maximum absolute atomic E-state index is 13.4. The van der Waals surface area contributed by atoms with Gasteiger partial charge in [-0.1, -0.05) is 48.0 Å². The van der Waals surface area contributed by atoms with Gasteiger partial charge in [-0.05, 0) is 56.0 Å². The van der Waals surface area contributed by atoms with Crippen LogP contribution < -0.4 is 9.62 Å². The molecule has 32 heavy (non-hydrogen) atoms. The highest BCUT2D eigenvalue weighted by atomic mass is 35.5. The van der Waals surface area contributed by atoms with E-state index in [1.807, 2.05) is 37.3 Å². The minimum Gasteiger partial charge on any atom is -0.324 e. The van der Waals surface area contributed by atoms with Crippen molar-refractivity contribution >= 4 is 38.9 Å². The zero-order valence-corrected chi connectivity index (χ0v) is 19.2. The molecule has 1 amide bonds. The first-order chi connectivity index (χ1) is 15.4. The van der Waals surface area contributed by atoms with Gasteiger partial charge in [-0.2, -0.15) is 0 Å². The third kappa shape index (κ3) is 4.64. The minimum atomic E-state index is -3.83. The van der Waals surface area contributed by atoms with Crippen LogP contribution >= 0.6 is 11.6 Å². The number of aryl methyl sites for hydroxylation is 1. The highest BCUT2D eigenvalue weighted by Gasteiger charge is 2.29. The van der Waals surface area contributed by atoms with Crippen LogP contribution in [0.5, 0.6) is 0 Å². The van der Waals surface area contributed by atoms with Crippen LogP contribution in [-0.4, -0.2) is 25.9 Å². The Balaban J connectivity index is 1.66. The first kappa shape index (κ1) is 22.3. The zero-order valence-electron chi connectivity index (χ0n) is 17.7. The molecule has 8 heteroatoms. The van der Waals surface area contributed by atoms with Crippen LogP contribution in [0.15, 0.2) is 71.8 Å². The molecule has 0 bridgehead atoms. The second-order valence-corrected chi connectivity index (χ2v) is 10.1. The Morgan fingerprint density at radius 1 is 1.09 bits per heavy atom. The predicted molar refractivity (Wildman–Crippen MR) is 127 cm³/mol. The number of carbonyl (C=O) groups excluding carboxylic acids is 1. The number of anilines is 2. The molecule has 1 aliphatic heterocycles. The maximum atomic E-state index is 13.4. The molecule has 0 fully saturated rings. The average molecular weight is 470 g/mol. The van der Waals surface area contributed by atoms with Gasteiger partial charge in [0, 0.05) is 11.6 Å². The fourth-order valence-electron chi connectivity index (χ4n) is 3.77. The molecule has 1 aromatic heterocycles. The van der Waals surface area contributed by atoms with E-state index in [4.69, 9.17) is 11.6 Å². The van der Waals surface area contributed by atoms with E-state index in [2.05, 4.69) is 10.3 Å². The molecule has 1 N–H and O–H groups in total. The van der Waals surface area contributed by atoms with E-state index in [9.17, 15) is 13.2 Å². The molecule has 0 radical (unpaired) electrons. The number of fused-ring (bicyclic) bond motifs is 1. The Morgan fingerprint density at radius 3 is 2.62 bits per heavy atom. The van der Waals surface area contributed by atoms with Gasteiger partial charge in [0.15, 0.2) is 0 Å². The van der Waals surface area contributed by atoms with Gasteiger partial charge < -0.3 is 5.32 Å². The Labute approximate surface area is 193 Å². The van der Waals surface area contributed by atoms with Crippen molar-refractivity contribution in [3.05, 3.63) is 83.1 Å². The van der Waals surface area contributed by atoms with E-state index < -0.39 is 10.0 Å². The van der Waals surface area contributed by atoms with E-state index in [1.165, 1.54) is 16.4 Å². The molecule has 2 heterocycles. The molecule has 0 saturated heterocycles. The van der Waals surface area contributed by atoms with Crippen molar-refractivity contribution in [3.63, 3.8) is 0 Å². The number of aromatic nitrogens is 1. The number of nitrogens with zero attached hydrogens (tertiary/aromatic N) is 2. The van der Waals surface area contributed by atoms with Gasteiger partial charge in [-0.25, -0.2) is 8.42 Å². The fraction of sp³-hybridized carbons (Fsp3) is 0.250. The largest absolute Gasteiger partial charge is 0.324 e. The molecule has 0 saturated carbocycles. The molecule has 0 unspecified atom stereocenters. The van der Waals surface area contributed by atoms with Gasteiger partial charge >= 0.3 is 0 Å². The molecular weight excluding hydrogens is 446 g/mol. The van der Waals surface area contributed by atoms with Crippen LogP contribution in [0.3, 0.4) is 0 Å². The van der Waals surface area contributed by atoms with Crippen LogP contribution in [0.2, 0.25) is 5.02 Å². The summed E-state index contributed by atoms with van der Waals surface area (Å²) in [6, 6.07) is 17.4. The van der Waals surface area contributed by atoms with E-state index in [0.717, 1.165) is 12.0 Å². The van der Waals surface area contributed by atoms with Crippen LogP contribution in [0.4, 0.5) is 11.4 Å². The van der Waals surface area contributed by atoms with Crippen molar-refractivity contribution < 1.29 is 13.2 Å². The van der Waals surface area contributed by atoms with Crippen molar-refractivity contribution in [2.75, 3.05) is 16.2 Å². The minimum absolute atomic E-state index is 0.130. The first-order valence-electron chi connectivity index (χ1n) is 10.5. The number of halogens is 1. The summed E-state index contributed by atoms with van der Waals surface area (Å²) >= 11 is 6.04. The van der Waals surface area contributed by atoms with Gasteiger partial charge in [0.1, 0.15) is 0 Å². The van der Waals surface area contributed by atoms with E-state index in [0.29, 0.717) is 41.5 Å². The first-order valence-corrected chi connectivity index (χ1v) is 12.3. The second-order valence-electron chi connectivity index (χ2n) is 7.80. The summed E-state index contributed by atoms with van der Waals surface area (Å²) in [6.07, 6.45) is 3.80. The van der Waals surface area contributed by atoms with Crippen molar-refractivity contribution in [3.8, 4) is 0 Å². The number of sulfonamides is 1. The predicted octanol–water partition coefficient (Wildman–Crippen LogP) is 5.01. The second kappa shape index (κ2) is 9.30. The standard InChI is InChI=1S/C24H24ClN3O3S/c1-17(18-8-3-2-4-9-18)24(29)27-20-15-23-22(26-16-20)12-5-6-13-28(23)32(30,31)21-11-7-10-19(25)14-21/h2-4,7-11,14-17H,5-6,12-13H2,1H3,(H,27,29)/t17-/m0/s1. The SMILES string of the molecule is C[C@H](C(=O)Nc1cnc2c(c1)N(S(=O)(=O)c1cccc(Cl)c1)CCCC2)c1ccccc1. The highest BCUT2D eigenvalue weighted by Crippen LogP contribution is 2.33. The lowest BCUT2D eigenvalue weighted by atomic mass is 10.0. The summed E-state index contributed by atoms with van der Waals surface area (Å²) in [5.74, 6) is -0.544. The Kier molecular flexibility index (Phi) is 6.48. The number of hydrogen-bond donors (Lipinski definition) is 1. The molecule has 1 atom stereocenters. The molecular formula is C24H24ClN3O3S. The van der Waals surface area contributed by atoms with E-state index in [1.54, 1.807) is 24.4 Å². The summed E-state index contributed by atoms with van der Waals surface area (Å²) in [4.78, 5) is 17.4. The van der Waals surface area contributed by atoms with Gasteiger partial charge in [-0.15, -0.1) is 0 Å². The lowest BCUT2D eigenvalue weighted by Gasteiger charge is -2.25. The van der Waals surface area contributed by atoms with E-state index in [-0.39, 0.29) is 16.7 Å². The number of pyridine rings is 1. The molecule has 6 nitrogen and oxygen atoms in total. The molecule has 2 aromatic carbocycles. The van der Waals surface area contributed by atoms with Crippen LogP contribution in [0, 0.1) is 0 Å². The third-order valence-electron chi connectivity index (χ3n) is 5.59. The number of nitrogens with one attached hydrogen (secondary N) is 1. The summed E-state index contributed by atoms with van der Waals surface area (Å²) in [6.45, 7) is 2.17. The molecule has 4 rings (SSSR count). The van der Waals surface area contributed by atoms with Crippen LogP contribution in [-0.2, 0) is 21.2 Å². The number of benzene rings is 2. The van der Waals surface area contributed by atoms with Crippen molar-refractivity contribution in [2.24, 2.45) is 0 Å². The monoisotopic (exact) mass is 469 g/mol. The number of hydrogen-bond acceptors (Lipinski definition) is 4. The molecule has 1 aliphatic rings. The van der Waals surface area contributed by atoms with Crippen molar-refractivity contribution in [2.45, 2.75) is 37.0 Å². The van der Waals surface area contributed by atoms with Gasteiger partial charge in [0.05, 0.1) is 34.1 Å².